The molecule has 1 aromatic carbocycles. The van der Waals surface area contributed by atoms with Crippen molar-refractivity contribution >= 4 is 0 Å². The van der Waals surface area contributed by atoms with Crippen molar-refractivity contribution in [2.45, 2.75) is 12.5 Å². The smallest absolute Gasteiger partial charge is 0.132 e. The van der Waals surface area contributed by atoms with Crippen LogP contribution >= 0.6 is 0 Å². The Balaban J connectivity index is 1.92. The lowest BCUT2D eigenvalue weighted by atomic mass is 10.1. The number of hydrogen-bond donors (Lipinski definition) is 1. The van der Waals surface area contributed by atoms with Crippen LogP contribution in [0.3, 0.4) is 0 Å². The van der Waals surface area contributed by atoms with E-state index in [0.29, 0.717) is 17.3 Å². The monoisotopic (exact) mass is 232 g/mol. The fraction of sp³-hybridized carbons (Fsp3) is 0.333. The average Bonchev–Trinajstić information content (AvgIpc) is 3.00. The summed E-state index contributed by atoms with van der Waals surface area (Å²) in [4.78, 5) is 0. The number of halogens is 1. The van der Waals surface area contributed by atoms with Gasteiger partial charge in [0.15, 0.2) is 0 Å². The Morgan fingerprint density at radius 1 is 1.35 bits per heavy atom. The van der Waals surface area contributed by atoms with E-state index >= 15 is 0 Å². The van der Waals surface area contributed by atoms with E-state index in [1.54, 1.807) is 18.2 Å². The molecule has 17 heavy (non-hydrogen) atoms. The van der Waals surface area contributed by atoms with E-state index in [2.05, 4.69) is 15.6 Å². The minimum atomic E-state index is -0.260. The van der Waals surface area contributed by atoms with E-state index in [9.17, 15) is 4.39 Å². The molecule has 0 bridgehead atoms. The lowest BCUT2D eigenvalue weighted by Crippen LogP contribution is -2.13. The van der Waals surface area contributed by atoms with Crippen LogP contribution in [0.1, 0.15) is 12.5 Å². The van der Waals surface area contributed by atoms with Crippen LogP contribution < -0.4 is 5.32 Å². The van der Waals surface area contributed by atoms with Gasteiger partial charge in [-0.15, -0.1) is 5.10 Å². The van der Waals surface area contributed by atoms with Crippen LogP contribution in [0.25, 0.3) is 11.3 Å². The van der Waals surface area contributed by atoms with Gasteiger partial charge < -0.3 is 5.32 Å². The summed E-state index contributed by atoms with van der Waals surface area (Å²) in [7, 11) is 0. The van der Waals surface area contributed by atoms with Gasteiger partial charge in [-0.3, -0.25) is 0 Å². The predicted octanol–water partition coefficient (Wildman–Crippen LogP) is 1.62. The van der Waals surface area contributed by atoms with Gasteiger partial charge in [0.05, 0.1) is 12.2 Å². The second kappa shape index (κ2) is 4.25. The lowest BCUT2D eigenvalue weighted by molar-refractivity contribution is 0.476. The average molecular weight is 232 g/mol. The van der Waals surface area contributed by atoms with Crippen LogP contribution in [0, 0.1) is 5.82 Å². The van der Waals surface area contributed by atoms with E-state index in [1.807, 2.05) is 10.9 Å². The molecule has 1 atom stereocenters. The number of rotatable bonds is 2. The van der Waals surface area contributed by atoms with Crippen molar-refractivity contribution in [3.8, 4) is 11.3 Å². The molecule has 3 rings (SSSR count). The summed E-state index contributed by atoms with van der Waals surface area (Å²) in [6, 6.07) is 6.96. The summed E-state index contributed by atoms with van der Waals surface area (Å²) in [6.45, 7) is 1.90. The quantitative estimate of drug-likeness (QED) is 0.855. The zero-order chi connectivity index (χ0) is 11.7. The highest BCUT2D eigenvalue weighted by Gasteiger charge is 2.18. The van der Waals surface area contributed by atoms with Crippen molar-refractivity contribution in [2.24, 2.45) is 0 Å². The number of benzene rings is 1. The molecule has 0 radical (unpaired) electrons. The summed E-state index contributed by atoms with van der Waals surface area (Å²) in [6.07, 6.45) is 2.86. The number of aromatic nitrogens is 3. The highest BCUT2D eigenvalue weighted by molar-refractivity contribution is 5.58. The normalized spacial score (nSPS) is 19.7. The molecule has 1 unspecified atom stereocenters. The maximum absolute atomic E-state index is 13.6. The first-order valence-corrected chi connectivity index (χ1v) is 5.72. The van der Waals surface area contributed by atoms with E-state index < -0.39 is 0 Å². The van der Waals surface area contributed by atoms with Gasteiger partial charge in [0.25, 0.3) is 0 Å². The Hall–Kier alpha value is -1.75. The standard InChI is InChI=1S/C12H13FN4/c13-11-4-2-1-3-10(11)12-8-17(16-15-12)9-5-6-14-7-9/h1-4,8-9,14H,5-7H2. The first-order chi connectivity index (χ1) is 8.34. The fourth-order valence-electron chi connectivity index (χ4n) is 2.11. The molecule has 0 aliphatic carbocycles. The molecule has 1 saturated heterocycles. The zero-order valence-corrected chi connectivity index (χ0v) is 9.31. The van der Waals surface area contributed by atoms with Crippen LogP contribution in [0.4, 0.5) is 4.39 Å². The minimum Gasteiger partial charge on any atom is -0.315 e. The Morgan fingerprint density at radius 3 is 3.00 bits per heavy atom. The molecule has 2 heterocycles. The molecule has 1 aromatic heterocycles. The topological polar surface area (TPSA) is 42.7 Å². The molecule has 1 aliphatic heterocycles. The van der Waals surface area contributed by atoms with Gasteiger partial charge in [-0.25, -0.2) is 9.07 Å². The molecule has 0 amide bonds. The van der Waals surface area contributed by atoms with Crippen molar-refractivity contribution in [1.29, 1.82) is 0 Å². The van der Waals surface area contributed by atoms with Gasteiger partial charge >= 0.3 is 0 Å². The van der Waals surface area contributed by atoms with Crippen molar-refractivity contribution in [1.82, 2.24) is 20.3 Å². The third kappa shape index (κ3) is 1.93. The summed E-state index contributed by atoms with van der Waals surface area (Å²) < 4.78 is 15.4. The Bertz CT molecular complexity index is 517. The van der Waals surface area contributed by atoms with Crippen molar-refractivity contribution < 1.29 is 4.39 Å². The summed E-state index contributed by atoms with van der Waals surface area (Å²) >= 11 is 0. The summed E-state index contributed by atoms with van der Waals surface area (Å²) in [5.74, 6) is -0.260. The Morgan fingerprint density at radius 2 is 2.24 bits per heavy atom. The van der Waals surface area contributed by atoms with Gasteiger partial charge in [0, 0.05) is 12.1 Å². The van der Waals surface area contributed by atoms with Crippen LogP contribution in [0.5, 0.6) is 0 Å². The molecule has 0 spiro atoms. The lowest BCUT2D eigenvalue weighted by Gasteiger charge is -2.06. The second-order valence-electron chi connectivity index (χ2n) is 4.21. The third-order valence-corrected chi connectivity index (χ3v) is 3.07. The first kappa shape index (κ1) is 10.4. The van der Waals surface area contributed by atoms with Crippen molar-refractivity contribution in [3.05, 3.63) is 36.3 Å². The van der Waals surface area contributed by atoms with Gasteiger partial charge in [-0.2, -0.15) is 0 Å². The highest BCUT2D eigenvalue weighted by Crippen LogP contribution is 2.22. The van der Waals surface area contributed by atoms with Gasteiger partial charge in [-0.05, 0) is 25.1 Å². The number of hydrogen-bond acceptors (Lipinski definition) is 3. The van der Waals surface area contributed by atoms with Crippen LogP contribution in [0.15, 0.2) is 30.5 Å². The van der Waals surface area contributed by atoms with E-state index in [4.69, 9.17) is 0 Å². The zero-order valence-electron chi connectivity index (χ0n) is 9.31. The molecular weight excluding hydrogens is 219 g/mol. The molecule has 4 nitrogen and oxygen atoms in total. The van der Waals surface area contributed by atoms with Crippen LogP contribution in [0.2, 0.25) is 0 Å². The molecule has 2 aromatic rings. The molecular formula is C12H13FN4. The van der Waals surface area contributed by atoms with Crippen LogP contribution in [-0.4, -0.2) is 28.1 Å². The van der Waals surface area contributed by atoms with E-state index in [0.717, 1.165) is 19.5 Å². The number of nitrogens with one attached hydrogen (secondary N) is 1. The van der Waals surface area contributed by atoms with Crippen LogP contribution in [-0.2, 0) is 0 Å². The van der Waals surface area contributed by atoms with E-state index in [-0.39, 0.29) is 5.82 Å². The molecule has 0 saturated carbocycles. The second-order valence-corrected chi connectivity index (χ2v) is 4.21. The molecule has 88 valence electrons. The van der Waals surface area contributed by atoms with Gasteiger partial charge in [0.1, 0.15) is 11.5 Å². The largest absolute Gasteiger partial charge is 0.315 e. The predicted molar refractivity (Wildman–Crippen MR) is 61.9 cm³/mol. The molecule has 1 fully saturated rings. The van der Waals surface area contributed by atoms with E-state index in [1.165, 1.54) is 6.07 Å². The maximum atomic E-state index is 13.6. The van der Waals surface area contributed by atoms with Gasteiger partial charge in [0.2, 0.25) is 0 Å². The Kier molecular flexibility index (Phi) is 2.60. The maximum Gasteiger partial charge on any atom is 0.132 e. The summed E-state index contributed by atoms with van der Waals surface area (Å²) in [5.41, 5.74) is 1.10. The Labute approximate surface area is 98.5 Å². The fourth-order valence-corrected chi connectivity index (χ4v) is 2.11. The molecule has 1 N–H and O–H groups in total. The molecule has 5 heteroatoms. The number of nitrogens with zero attached hydrogens (tertiary/aromatic N) is 3. The highest BCUT2D eigenvalue weighted by atomic mass is 19.1. The van der Waals surface area contributed by atoms with Crippen molar-refractivity contribution in [3.63, 3.8) is 0 Å². The third-order valence-electron chi connectivity index (χ3n) is 3.07. The SMILES string of the molecule is Fc1ccccc1-c1cn(C2CCNC2)nn1. The first-order valence-electron chi connectivity index (χ1n) is 5.72. The summed E-state index contributed by atoms with van der Waals surface area (Å²) in [5, 5.41) is 11.4. The minimum absolute atomic E-state index is 0.260. The van der Waals surface area contributed by atoms with Gasteiger partial charge in [-0.1, -0.05) is 17.3 Å². The van der Waals surface area contributed by atoms with Crippen molar-refractivity contribution in [2.75, 3.05) is 13.1 Å². The molecule has 1 aliphatic rings.